The van der Waals surface area contributed by atoms with Gasteiger partial charge in [0.2, 0.25) is 21.8 Å². The molecule has 1 atom stereocenters. The second-order valence-electron chi connectivity index (χ2n) is 10.5. The van der Waals surface area contributed by atoms with Crippen molar-refractivity contribution in [2.75, 3.05) is 30.8 Å². The molecule has 2 amide bonds. The van der Waals surface area contributed by atoms with Crippen LogP contribution in [0.5, 0.6) is 11.5 Å². The summed E-state index contributed by atoms with van der Waals surface area (Å²) in [5.41, 5.74) is 2.11. The van der Waals surface area contributed by atoms with Crippen LogP contribution in [-0.2, 0) is 32.8 Å². The van der Waals surface area contributed by atoms with Crippen LogP contribution >= 0.6 is 0 Å². The number of hydrogen-bond donors (Lipinski definition) is 1. The first-order valence-corrected chi connectivity index (χ1v) is 15.8. The maximum absolute atomic E-state index is 13.9. The molecule has 1 unspecified atom stereocenters. The largest absolute Gasteiger partial charge is 0.497 e. The number of hydrogen-bond acceptors (Lipinski definition) is 6. The molecular formula is C32H41N3O6S. The maximum atomic E-state index is 13.9. The number of amides is 2. The zero-order valence-corrected chi connectivity index (χ0v) is 25.8. The number of ether oxygens (including phenoxy) is 2. The lowest BCUT2D eigenvalue weighted by atomic mass is 10.1. The average molecular weight is 596 g/mol. The molecule has 0 aliphatic rings. The van der Waals surface area contributed by atoms with Crippen molar-refractivity contribution in [2.45, 2.75) is 46.4 Å². The summed E-state index contributed by atoms with van der Waals surface area (Å²) in [6.45, 7) is 6.30. The van der Waals surface area contributed by atoms with Gasteiger partial charge in [0.05, 0.1) is 19.1 Å². The van der Waals surface area contributed by atoms with Crippen LogP contribution in [0.3, 0.4) is 0 Å². The molecular weight excluding hydrogens is 554 g/mol. The first kappa shape index (κ1) is 32.5. The Morgan fingerprint density at radius 2 is 1.50 bits per heavy atom. The molecule has 3 rings (SSSR count). The van der Waals surface area contributed by atoms with E-state index in [0.717, 1.165) is 21.7 Å². The molecule has 0 fully saturated rings. The summed E-state index contributed by atoms with van der Waals surface area (Å²) in [5.74, 6) is 0.692. The number of nitrogens with one attached hydrogen (secondary N) is 1. The highest BCUT2D eigenvalue weighted by atomic mass is 32.2. The Hall–Kier alpha value is -4.05. The number of carbonyl (C=O) groups is 2. The number of anilines is 1. The molecule has 42 heavy (non-hydrogen) atoms. The Morgan fingerprint density at radius 3 is 2.05 bits per heavy atom. The molecule has 0 saturated heterocycles. The Morgan fingerprint density at radius 1 is 0.881 bits per heavy atom. The fourth-order valence-electron chi connectivity index (χ4n) is 4.33. The van der Waals surface area contributed by atoms with Crippen molar-refractivity contribution in [3.63, 3.8) is 0 Å². The number of nitrogens with zero attached hydrogens (tertiary/aromatic N) is 2. The molecule has 0 aliphatic carbocycles. The summed E-state index contributed by atoms with van der Waals surface area (Å²) in [7, 11) is -2.27. The van der Waals surface area contributed by atoms with E-state index in [1.165, 1.54) is 4.90 Å². The molecule has 1 N–H and O–H groups in total. The third-order valence-electron chi connectivity index (χ3n) is 6.63. The van der Waals surface area contributed by atoms with Crippen molar-refractivity contribution in [2.24, 2.45) is 5.92 Å². The quantitative estimate of drug-likeness (QED) is 0.275. The molecule has 0 aromatic heterocycles. The van der Waals surface area contributed by atoms with Crippen LogP contribution in [-0.4, -0.2) is 57.6 Å². The molecule has 0 spiro atoms. The van der Waals surface area contributed by atoms with Crippen LogP contribution in [0.1, 0.15) is 38.3 Å². The smallest absolute Gasteiger partial charge is 0.244 e. The third-order valence-corrected chi connectivity index (χ3v) is 7.78. The van der Waals surface area contributed by atoms with E-state index in [2.05, 4.69) is 5.32 Å². The summed E-state index contributed by atoms with van der Waals surface area (Å²) in [5, 5.41) is 2.92. The highest BCUT2D eigenvalue weighted by Gasteiger charge is 2.31. The summed E-state index contributed by atoms with van der Waals surface area (Å²) < 4.78 is 37.9. The van der Waals surface area contributed by atoms with Crippen LogP contribution in [0, 0.1) is 5.92 Å². The van der Waals surface area contributed by atoms with E-state index in [1.54, 1.807) is 43.5 Å². The lowest BCUT2D eigenvalue weighted by molar-refractivity contribution is -0.140. The van der Waals surface area contributed by atoms with E-state index in [4.69, 9.17) is 9.47 Å². The minimum atomic E-state index is -3.84. The van der Waals surface area contributed by atoms with E-state index in [0.29, 0.717) is 36.8 Å². The fraction of sp³-hybridized carbons (Fsp3) is 0.375. The van der Waals surface area contributed by atoms with Crippen LogP contribution in [0.2, 0.25) is 0 Å². The van der Waals surface area contributed by atoms with Gasteiger partial charge in [-0.3, -0.25) is 13.9 Å². The van der Waals surface area contributed by atoms with Gasteiger partial charge < -0.3 is 19.7 Å². The standard InChI is InChI=1S/C32H41N3O6S/c1-6-30(32(37)33-20-24(2)3)34(21-25-12-16-28(40-4)17-13-25)31(36)22-35(42(5,38)39)27-14-18-29(19-15-27)41-23-26-10-8-7-9-11-26/h7-19,24,30H,6,20-23H2,1-5H3,(H,33,37). The molecule has 10 heteroatoms. The second-order valence-corrected chi connectivity index (χ2v) is 12.4. The predicted octanol–water partition coefficient (Wildman–Crippen LogP) is 4.62. The van der Waals surface area contributed by atoms with Crippen LogP contribution in [0.25, 0.3) is 0 Å². The minimum absolute atomic E-state index is 0.125. The highest BCUT2D eigenvalue weighted by Crippen LogP contribution is 2.24. The van der Waals surface area contributed by atoms with Crippen molar-refractivity contribution in [1.82, 2.24) is 10.2 Å². The highest BCUT2D eigenvalue weighted by molar-refractivity contribution is 7.92. The minimum Gasteiger partial charge on any atom is -0.497 e. The van der Waals surface area contributed by atoms with Gasteiger partial charge in [-0.25, -0.2) is 8.42 Å². The topological polar surface area (TPSA) is 105 Å². The summed E-state index contributed by atoms with van der Waals surface area (Å²) >= 11 is 0. The first-order valence-electron chi connectivity index (χ1n) is 14.0. The fourth-order valence-corrected chi connectivity index (χ4v) is 5.18. The maximum Gasteiger partial charge on any atom is 0.244 e. The van der Waals surface area contributed by atoms with E-state index in [-0.39, 0.29) is 18.4 Å². The Balaban J connectivity index is 1.85. The lowest BCUT2D eigenvalue weighted by Gasteiger charge is -2.33. The van der Waals surface area contributed by atoms with Crippen molar-refractivity contribution in [3.8, 4) is 11.5 Å². The molecule has 0 saturated carbocycles. The van der Waals surface area contributed by atoms with Gasteiger partial charge in [0, 0.05) is 13.1 Å². The van der Waals surface area contributed by atoms with E-state index in [1.807, 2.05) is 63.2 Å². The monoisotopic (exact) mass is 595 g/mol. The first-order chi connectivity index (χ1) is 20.0. The van der Waals surface area contributed by atoms with Gasteiger partial charge in [-0.05, 0) is 59.9 Å². The third kappa shape index (κ3) is 9.51. The predicted molar refractivity (Wildman–Crippen MR) is 165 cm³/mol. The second kappa shape index (κ2) is 15.3. The van der Waals surface area contributed by atoms with Gasteiger partial charge in [0.25, 0.3) is 0 Å². The average Bonchev–Trinajstić information content (AvgIpc) is 2.98. The number of benzene rings is 3. The Labute approximate surface area is 249 Å². The summed E-state index contributed by atoms with van der Waals surface area (Å²) in [6, 6.07) is 22.7. The molecule has 0 radical (unpaired) electrons. The van der Waals surface area contributed by atoms with Gasteiger partial charge in [0.1, 0.15) is 30.7 Å². The molecule has 226 valence electrons. The van der Waals surface area contributed by atoms with Gasteiger partial charge in [-0.1, -0.05) is 63.2 Å². The molecule has 3 aromatic rings. The van der Waals surface area contributed by atoms with Gasteiger partial charge in [-0.15, -0.1) is 0 Å². The van der Waals surface area contributed by atoms with Crippen molar-refractivity contribution in [1.29, 1.82) is 0 Å². The molecule has 9 nitrogen and oxygen atoms in total. The molecule has 3 aromatic carbocycles. The summed E-state index contributed by atoms with van der Waals surface area (Å²) in [4.78, 5) is 28.5. The molecule has 0 bridgehead atoms. The molecule has 0 heterocycles. The Bertz CT molecular complexity index is 1390. The van der Waals surface area contributed by atoms with Crippen molar-refractivity contribution < 1.29 is 27.5 Å². The SMILES string of the molecule is CCC(C(=O)NCC(C)C)N(Cc1ccc(OC)cc1)C(=O)CN(c1ccc(OCc2ccccc2)cc1)S(C)(=O)=O. The van der Waals surface area contributed by atoms with Crippen LogP contribution in [0.4, 0.5) is 5.69 Å². The van der Waals surface area contributed by atoms with Crippen molar-refractivity contribution in [3.05, 3.63) is 90.0 Å². The van der Waals surface area contributed by atoms with Crippen LogP contribution < -0.4 is 19.1 Å². The van der Waals surface area contributed by atoms with Crippen molar-refractivity contribution >= 4 is 27.5 Å². The molecule has 0 aliphatic heterocycles. The number of carbonyl (C=O) groups excluding carboxylic acids is 2. The zero-order chi connectivity index (χ0) is 30.7. The van der Waals surface area contributed by atoms with E-state index >= 15 is 0 Å². The van der Waals surface area contributed by atoms with Crippen LogP contribution in [0.15, 0.2) is 78.9 Å². The van der Waals surface area contributed by atoms with Gasteiger partial charge in [0.15, 0.2) is 0 Å². The van der Waals surface area contributed by atoms with E-state index < -0.39 is 28.5 Å². The normalized spacial score (nSPS) is 12.0. The number of methoxy groups -OCH3 is 1. The summed E-state index contributed by atoms with van der Waals surface area (Å²) in [6.07, 6.45) is 1.42. The number of sulfonamides is 1. The lowest BCUT2D eigenvalue weighted by Crippen LogP contribution is -2.52. The Kier molecular flexibility index (Phi) is 11.8. The van der Waals surface area contributed by atoms with Gasteiger partial charge >= 0.3 is 0 Å². The zero-order valence-electron chi connectivity index (χ0n) is 24.9. The van der Waals surface area contributed by atoms with E-state index in [9.17, 15) is 18.0 Å². The number of rotatable bonds is 15. The van der Waals surface area contributed by atoms with Gasteiger partial charge in [-0.2, -0.15) is 0 Å².